The average molecular weight is 273 g/mol. The number of carbonyl (C=O) groups is 2. The molecule has 1 aliphatic heterocycles. The number of hydrogen-bond donors (Lipinski definition) is 0. The lowest BCUT2D eigenvalue weighted by molar-refractivity contribution is -0.114. The van der Waals surface area contributed by atoms with E-state index in [4.69, 9.17) is 11.6 Å². The van der Waals surface area contributed by atoms with Crippen LogP contribution in [0.1, 0.15) is 16.1 Å². The Morgan fingerprint density at radius 3 is 2.74 bits per heavy atom. The zero-order valence-corrected chi connectivity index (χ0v) is 10.6. The second kappa shape index (κ2) is 4.48. The fourth-order valence-electron chi connectivity index (χ4n) is 2.10. The monoisotopic (exact) mass is 272 g/mol. The number of aromatic nitrogens is 1. The number of anilines is 1. The first kappa shape index (κ1) is 11.9. The number of nitrogens with zero attached hydrogens (tertiary/aromatic N) is 2. The number of Topliss-reactive ketones (excluding diaryl/α,β-unsaturated/α-hetero) is 1. The summed E-state index contributed by atoms with van der Waals surface area (Å²) in [6.07, 6.45) is 1.58. The number of benzene rings is 1. The molecule has 0 radical (unpaired) electrons. The summed E-state index contributed by atoms with van der Waals surface area (Å²) in [5.41, 5.74) is 1.71. The largest absolute Gasteiger partial charge is 0.299 e. The van der Waals surface area contributed by atoms with E-state index < -0.39 is 11.7 Å². The molecule has 0 bridgehead atoms. The quantitative estimate of drug-likeness (QED) is 0.789. The van der Waals surface area contributed by atoms with Gasteiger partial charge < -0.3 is 0 Å². The maximum atomic E-state index is 12.0. The molecule has 3 rings (SSSR count). The molecule has 4 nitrogen and oxygen atoms in total. The van der Waals surface area contributed by atoms with Crippen molar-refractivity contribution in [2.75, 3.05) is 4.90 Å². The minimum Gasteiger partial charge on any atom is -0.299 e. The van der Waals surface area contributed by atoms with E-state index in [0.29, 0.717) is 22.0 Å². The van der Waals surface area contributed by atoms with E-state index in [-0.39, 0.29) is 6.54 Å². The standard InChI is InChI=1S/C14H9ClN2O2/c15-9-5-6-16-10(7-9)8-17-12-4-2-1-3-11(12)13(18)14(17)19/h1-7H,8H2. The smallest absolute Gasteiger partial charge is 0.299 e. The summed E-state index contributed by atoms with van der Waals surface area (Å²) in [7, 11) is 0. The summed E-state index contributed by atoms with van der Waals surface area (Å²) < 4.78 is 0. The Balaban J connectivity index is 1.98. The molecule has 0 saturated carbocycles. The second-order valence-electron chi connectivity index (χ2n) is 4.20. The summed E-state index contributed by atoms with van der Waals surface area (Å²) in [5.74, 6) is -0.999. The Kier molecular flexibility index (Phi) is 2.80. The van der Waals surface area contributed by atoms with Crippen molar-refractivity contribution in [1.82, 2.24) is 4.98 Å². The summed E-state index contributed by atoms with van der Waals surface area (Å²) in [5, 5.41) is 0.552. The van der Waals surface area contributed by atoms with Crippen molar-refractivity contribution in [3.8, 4) is 0 Å². The summed E-state index contributed by atoms with van der Waals surface area (Å²) in [6, 6.07) is 10.3. The summed E-state index contributed by atoms with van der Waals surface area (Å²) in [4.78, 5) is 29.4. The van der Waals surface area contributed by atoms with E-state index in [2.05, 4.69) is 4.98 Å². The third-order valence-electron chi connectivity index (χ3n) is 2.98. The molecular formula is C14H9ClN2O2. The van der Waals surface area contributed by atoms with Gasteiger partial charge in [-0.3, -0.25) is 19.5 Å². The van der Waals surface area contributed by atoms with Crippen LogP contribution in [0, 0.1) is 0 Å². The first-order valence-corrected chi connectivity index (χ1v) is 6.10. The molecule has 0 fully saturated rings. The van der Waals surface area contributed by atoms with Crippen molar-refractivity contribution >= 4 is 29.0 Å². The van der Waals surface area contributed by atoms with Gasteiger partial charge in [0.25, 0.3) is 11.7 Å². The lowest BCUT2D eigenvalue weighted by Gasteiger charge is -2.15. The van der Waals surface area contributed by atoms with Gasteiger partial charge in [0.1, 0.15) is 0 Å². The van der Waals surface area contributed by atoms with Crippen LogP contribution in [0.2, 0.25) is 5.02 Å². The van der Waals surface area contributed by atoms with Gasteiger partial charge in [-0.2, -0.15) is 0 Å². The van der Waals surface area contributed by atoms with Crippen LogP contribution in [0.5, 0.6) is 0 Å². The number of halogens is 1. The minimum atomic E-state index is -0.525. The number of pyridine rings is 1. The van der Waals surface area contributed by atoms with E-state index in [9.17, 15) is 9.59 Å². The molecule has 5 heteroatoms. The molecule has 19 heavy (non-hydrogen) atoms. The molecule has 2 heterocycles. The van der Waals surface area contributed by atoms with E-state index in [1.807, 2.05) is 0 Å². The Bertz CT molecular complexity index is 685. The van der Waals surface area contributed by atoms with Gasteiger partial charge in [-0.25, -0.2) is 0 Å². The SMILES string of the molecule is O=C1C(=O)N(Cc2cc(Cl)ccn2)c2ccccc21. The molecule has 0 unspecified atom stereocenters. The first-order chi connectivity index (χ1) is 9.16. The molecule has 0 atom stereocenters. The van der Waals surface area contributed by atoms with Crippen molar-refractivity contribution < 1.29 is 9.59 Å². The van der Waals surface area contributed by atoms with Gasteiger partial charge in [-0.05, 0) is 24.3 Å². The number of rotatable bonds is 2. The number of fused-ring (bicyclic) bond motifs is 1. The zero-order chi connectivity index (χ0) is 13.4. The van der Waals surface area contributed by atoms with Gasteiger partial charge in [-0.15, -0.1) is 0 Å². The zero-order valence-electron chi connectivity index (χ0n) is 9.84. The number of para-hydroxylation sites is 1. The topological polar surface area (TPSA) is 50.3 Å². The minimum absolute atomic E-state index is 0.238. The van der Waals surface area contributed by atoms with Gasteiger partial charge in [0, 0.05) is 11.2 Å². The van der Waals surface area contributed by atoms with Crippen LogP contribution in [-0.4, -0.2) is 16.7 Å². The molecule has 0 saturated heterocycles. The van der Waals surface area contributed by atoms with Crippen molar-refractivity contribution in [1.29, 1.82) is 0 Å². The molecule has 1 aliphatic rings. The van der Waals surface area contributed by atoms with E-state index >= 15 is 0 Å². The Morgan fingerprint density at radius 2 is 1.95 bits per heavy atom. The van der Waals surface area contributed by atoms with Gasteiger partial charge in [0.2, 0.25) is 0 Å². The Morgan fingerprint density at radius 1 is 1.16 bits per heavy atom. The average Bonchev–Trinajstić information content (AvgIpc) is 2.65. The highest BCUT2D eigenvalue weighted by molar-refractivity contribution is 6.52. The number of carbonyl (C=O) groups excluding carboxylic acids is 2. The van der Waals surface area contributed by atoms with Gasteiger partial charge in [0.05, 0.1) is 23.5 Å². The maximum Gasteiger partial charge on any atom is 0.299 e. The highest BCUT2D eigenvalue weighted by atomic mass is 35.5. The van der Waals surface area contributed by atoms with Crippen LogP contribution < -0.4 is 4.90 Å². The van der Waals surface area contributed by atoms with Crippen LogP contribution in [0.15, 0.2) is 42.6 Å². The molecule has 1 aromatic carbocycles. The highest BCUT2D eigenvalue weighted by Gasteiger charge is 2.35. The van der Waals surface area contributed by atoms with Crippen molar-refractivity contribution in [2.24, 2.45) is 0 Å². The Hall–Kier alpha value is -2.20. The van der Waals surface area contributed by atoms with Gasteiger partial charge in [-0.1, -0.05) is 23.7 Å². The van der Waals surface area contributed by atoms with Crippen molar-refractivity contribution in [2.45, 2.75) is 6.54 Å². The fourth-order valence-corrected chi connectivity index (χ4v) is 2.28. The molecule has 2 aromatic rings. The second-order valence-corrected chi connectivity index (χ2v) is 4.64. The van der Waals surface area contributed by atoms with Crippen LogP contribution in [0.4, 0.5) is 5.69 Å². The molecule has 0 N–H and O–H groups in total. The summed E-state index contributed by atoms with van der Waals surface area (Å²) in [6.45, 7) is 0.238. The van der Waals surface area contributed by atoms with E-state index in [1.54, 1.807) is 42.6 Å². The molecule has 1 amide bonds. The molecule has 0 aliphatic carbocycles. The number of amides is 1. The highest BCUT2D eigenvalue weighted by Crippen LogP contribution is 2.29. The molecule has 0 spiro atoms. The van der Waals surface area contributed by atoms with Crippen LogP contribution >= 0.6 is 11.6 Å². The lowest BCUT2D eigenvalue weighted by atomic mass is 10.1. The third kappa shape index (κ3) is 2.00. The Labute approximate surface area is 114 Å². The maximum absolute atomic E-state index is 12.0. The third-order valence-corrected chi connectivity index (χ3v) is 3.21. The van der Waals surface area contributed by atoms with Crippen molar-refractivity contribution in [3.63, 3.8) is 0 Å². The molecular weight excluding hydrogens is 264 g/mol. The van der Waals surface area contributed by atoms with Gasteiger partial charge >= 0.3 is 0 Å². The van der Waals surface area contributed by atoms with Crippen molar-refractivity contribution in [3.05, 3.63) is 58.9 Å². The molecule has 1 aromatic heterocycles. The predicted octanol–water partition coefficient (Wildman–Crippen LogP) is 2.46. The predicted molar refractivity (Wildman–Crippen MR) is 71.2 cm³/mol. The molecule has 94 valence electrons. The van der Waals surface area contributed by atoms with E-state index in [1.165, 1.54) is 4.90 Å². The normalized spacial score (nSPS) is 13.8. The first-order valence-electron chi connectivity index (χ1n) is 5.72. The fraction of sp³-hybridized carbons (Fsp3) is 0.0714. The lowest BCUT2D eigenvalue weighted by Crippen LogP contribution is -2.29. The van der Waals surface area contributed by atoms with Crippen LogP contribution in [-0.2, 0) is 11.3 Å². The van der Waals surface area contributed by atoms with Crippen LogP contribution in [0.3, 0.4) is 0 Å². The summed E-state index contributed by atoms with van der Waals surface area (Å²) >= 11 is 5.89. The number of ketones is 1. The van der Waals surface area contributed by atoms with E-state index in [0.717, 1.165) is 0 Å². The van der Waals surface area contributed by atoms with Crippen LogP contribution in [0.25, 0.3) is 0 Å². The van der Waals surface area contributed by atoms with Gasteiger partial charge in [0.15, 0.2) is 0 Å². The number of hydrogen-bond acceptors (Lipinski definition) is 3.